The third kappa shape index (κ3) is 8.59. The number of rotatable bonds is 6. The minimum atomic E-state index is -5.17. The monoisotopic (exact) mass is 865 g/mol. The van der Waals surface area contributed by atoms with Crippen molar-refractivity contribution < 1.29 is 40.6 Å². The number of aryl methyl sites for hydroxylation is 1. The molecule has 12 nitrogen and oxygen atoms in total. The van der Waals surface area contributed by atoms with E-state index in [1.807, 2.05) is 12.1 Å². The van der Waals surface area contributed by atoms with Crippen molar-refractivity contribution in [2.75, 3.05) is 56.8 Å². The van der Waals surface area contributed by atoms with Gasteiger partial charge in [-0.25, -0.2) is 23.1 Å². The molecule has 2 fully saturated rings. The van der Waals surface area contributed by atoms with Crippen molar-refractivity contribution in [3.63, 3.8) is 0 Å². The number of anilines is 3. The van der Waals surface area contributed by atoms with Gasteiger partial charge in [-0.2, -0.15) is 28.4 Å². The van der Waals surface area contributed by atoms with Crippen molar-refractivity contribution in [2.24, 2.45) is 0 Å². The summed E-state index contributed by atoms with van der Waals surface area (Å²) in [6, 6.07) is 11.2. The molecule has 3 aliphatic heterocycles. The number of nitrogen functional groups attached to an aromatic ring is 2. The summed E-state index contributed by atoms with van der Waals surface area (Å²) in [7, 11) is 2.85. The van der Waals surface area contributed by atoms with E-state index in [2.05, 4.69) is 31.8 Å². The fourth-order valence-corrected chi connectivity index (χ4v) is 8.83. The quantitative estimate of drug-likeness (QED) is 0.154. The molecule has 0 bridgehead atoms. The molecule has 61 heavy (non-hydrogen) atoms. The normalized spacial score (nSPS) is 17.1. The van der Waals surface area contributed by atoms with E-state index in [0.717, 1.165) is 31.5 Å². The third-order valence-corrected chi connectivity index (χ3v) is 11.8. The maximum absolute atomic E-state index is 16.6. The highest BCUT2D eigenvalue weighted by Crippen LogP contribution is 2.53. The van der Waals surface area contributed by atoms with Gasteiger partial charge in [0, 0.05) is 54.1 Å². The summed E-state index contributed by atoms with van der Waals surface area (Å²) >= 11 is 0.675. The summed E-state index contributed by atoms with van der Waals surface area (Å²) in [6.45, 7) is 3.80. The molecule has 9 rings (SSSR count). The number of methoxy groups -OCH3 is 2. The Labute approximate surface area is 350 Å². The fraction of sp³-hybridized carbons (Fsp3) is 0.357. The van der Waals surface area contributed by atoms with Crippen LogP contribution in [0.5, 0.6) is 17.6 Å². The Morgan fingerprint density at radius 2 is 1.84 bits per heavy atom. The summed E-state index contributed by atoms with van der Waals surface area (Å²) in [4.78, 5) is 20.2. The van der Waals surface area contributed by atoms with E-state index in [-0.39, 0.29) is 63.4 Å². The Hall–Kier alpha value is -6.13. The second kappa shape index (κ2) is 17.8. The number of ether oxygens (including phenoxy) is 3. The summed E-state index contributed by atoms with van der Waals surface area (Å²) in [5.41, 5.74) is 10.1. The average molecular weight is 866 g/mol. The second-order valence-electron chi connectivity index (χ2n) is 14.4. The first kappa shape index (κ1) is 43.0. The molecule has 7 heterocycles. The molecule has 2 atom stereocenters. The number of alkyl halides is 4. The fourth-order valence-electron chi connectivity index (χ4n) is 7.88. The van der Waals surface area contributed by atoms with Crippen molar-refractivity contribution in [1.29, 1.82) is 5.26 Å². The van der Waals surface area contributed by atoms with Gasteiger partial charge in [0.05, 0.1) is 36.4 Å². The number of thiophene rings is 1. The Morgan fingerprint density at radius 3 is 2.52 bits per heavy atom. The van der Waals surface area contributed by atoms with Crippen LogP contribution in [0.1, 0.15) is 48.4 Å². The third-order valence-electron chi connectivity index (χ3n) is 10.7. The lowest BCUT2D eigenvalue weighted by atomic mass is 9.91. The van der Waals surface area contributed by atoms with Crippen LogP contribution in [-0.4, -0.2) is 77.5 Å². The van der Waals surface area contributed by atoms with E-state index in [1.54, 1.807) is 36.4 Å². The van der Waals surface area contributed by atoms with Gasteiger partial charge >= 0.3 is 12.2 Å². The molecular weight excluding hydrogens is 825 g/mol. The van der Waals surface area contributed by atoms with Gasteiger partial charge in [-0.3, -0.25) is 4.90 Å². The maximum atomic E-state index is 16.6. The molecule has 0 saturated carbocycles. The zero-order chi connectivity index (χ0) is 43.6. The van der Waals surface area contributed by atoms with Crippen LogP contribution in [0.4, 0.5) is 43.0 Å². The van der Waals surface area contributed by atoms with Gasteiger partial charge in [0.2, 0.25) is 5.88 Å². The van der Waals surface area contributed by atoms with E-state index >= 15 is 4.39 Å². The smallest absolute Gasteiger partial charge is 0.420 e. The number of halogens is 6. The van der Waals surface area contributed by atoms with Crippen LogP contribution in [0, 0.1) is 23.0 Å². The highest BCUT2D eigenvalue weighted by Gasteiger charge is 2.44. The van der Waals surface area contributed by atoms with E-state index in [9.17, 15) is 27.2 Å². The zero-order valence-electron chi connectivity index (χ0n) is 33.3. The molecule has 3 aliphatic rings. The number of benzene rings is 2. The number of aromatic nitrogens is 4. The van der Waals surface area contributed by atoms with Crippen molar-refractivity contribution in [3.05, 3.63) is 82.7 Å². The predicted octanol–water partition coefficient (Wildman–Crippen LogP) is 8.49. The molecule has 0 aliphatic carbocycles. The standard InChI is InChI=1S/C27H18F5N7O2S.C8H11NO.C7H12FN/c1-40-26-37-20-17-21(41-8-7-39(25(17)38-26)10-11-3-2-6-36-23(11)34)18(27(30,31)32)16(19(20)29)12-4-5-14(28)22-15(12)13(9-33)24(35)42-22;1-3-7-4-5-9-8(6-7)10-2;8-6-4-7-2-1-3-9(7)5-6/h2-6H,7-8,10,35H2,1H3,(H2,34,36);4-6H,3H2,1-2H3;6-7H,1-5H2. The minimum absolute atomic E-state index is 0.0347. The highest BCUT2D eigenvalue weighted by atomic mass is 32.1. The van der Waals surface area contributed by atoms with Crippen molar-refractivity contribution >= 4 is 49.0 Å². The molecule has 6 aromatic rings. The maximum Gasteiger partial charge on any atom is 0.420 e. The predicted molar refractivity (Wildman–Crippen MR) is 220 cm³/mol. The molecular formula is C42H41F6N9O3S. The minimum Gasteiger partial charge on any atom is -0.490 e. The molecule has 2 aromatic carbocycles. The van der Waals surface area contributed by atoms with Crippen LogP contribution in [-0.2, 0) is 19.1 Å². The van der Waals surface area contributed by atoms with Crippen LogP contribution in [0.15, 0.2) is 48.8 Å². The molecule has 4 N–H and O–H groups in total. The van der Waals surface area contributed by atoms with E-state index in [1.165, 1.54) is 31.7 Å². The van der Waals surface area contributed by atoms with Crippen LogP contribution >= 0.6 is 11.3 Å². The van der Waals surface area contributed by atoms with Gasteiger partial charge in [-0.05, 0) is 61.6 Å². The molecule has 4 aromatic heterocycles. The van der Waals surface area contributed by atoms with Gasteiger partial charge in [0.1, 0.15) is 58.1 Å². The summed E-state index contributed by atoms with van der Waals surface area (Å²) in [6.07, 6.45) is 1.92. The molecule has 2 unspecified atom stereocenters. The average Bonchev–Trinajstić information content (AvgIpc) is 3.91. The van der Waals surface area contributed by atoms with Crippen LogP contribution < -0.4 is 30.6 Å². The Balaban J connectivity index is 0.000000240. The summed E-state index contributed by atoms with van der Waals surface area (Å²) in [5, 5.41) is 9.00. The second-order valence-corrected chi connectivity index (χ2v) is 15.5. The van der Waals surface area contributed by atoms with Crippen LogP contribution in [0.25, 0.3) is 32.1 Å². The van der Waals surface area contributed by atoms with Gasteiger partial charge in [0.15, 0.2) is 5.82 Å². The number of nitrogens with zero attached hydrogens (tertiary/aromatic N) is 7. The van der Waals surface area contributed by atoms with Crippen molar-refractivity contribution in [1.82, 2.24) is 24.8 Å². The SMILES string of the molecule is CCc1ccnc(OC)c1.COc1nc2c3c(c(C(F)(F)F)c(-c4ccc(F)c5sc(N)c(C#N)c45)c(F)c3n1)OCCN2Cc1cccnc1N.FC1CC2CCCN2C1. The topological polar surface area (TPSA) is 162 Å². The lowest BCUT2D eigenvalue weighted by Gasteiger charge is -2.24. The number of hydrogen-bond acceptors (Lipinski definition) is 13. The number of pyridine rings is 2. The molecule has 19 heteroatoms. The Morgan fingerprint density at radius 1 is 1.03 bits per heavy atom. The largest absolute Gasteiger partial charge is 0.490 e. The molecule has 0 spiro atoms. The highest BCUT2D eigenvalue weighted by molar-refractivity contribution is 7.23. The number of nitrogens with two attached hydrogens (primary N) is 2. The van der Waals surface area contributed by atoms with E-state index < -0.39 is 51.9 Å². The van der Waals surface area contributed by atoms with Gasteiger partial charge < -0.3 is 30.6 Å². The van der Waals surface area contributed by atoms with Crippen LogP contribution in [0.3, 0.4) is 0 Å². The first-order valence-electron chi connectivity index (χ1n) is 19.3. The van der Waals surface area contributed by atoms with Crippen molar-refractivity contribution in [2.45, 2.75) is 57.5 Å². The first-order chi connectivity index (χ1) is 29.3. The molecule has 0 amide bonds. The van der Waals surface area contributed by atoms with E-state index in [0.29, 0.717) is 35.4 Å². The van der Waals surface area contributed by atoms with E-state index in [4.69, 9.17) is 25.7 Å². The Kier molecular flexibility index (Phi) is 12.6. The number of hydrogen-bond donors (Lipinski definition) is 2. The van der Waals surface area contributed by atoms with Gasteiger partial charge in [0.25, 0.3) is 0 Å². The molecule has 0 radical (unpaired) electrons. The van der Waals surface area contributed by atoms with Crippen LogP contribution in [0.2, 0.25) is 0 Å². The lowest BCUT2D eigenvalue weighted by molar-refractivity contribution is -0.138. The van der Waals surface area contributed by atoms with Gasteiger partial charge in [-0.15, -0.1) is 11.3 Å². The zero-order valence-corrected chi connectivity index (χ0v) is 34.1. The molecule has 2 saturated heterocycles. The summed E-state index contributed by atoms with van der Waals surface area (Å²) < 4.78 is 105. The Bertz CT molecular complexity index is 2590. The number of nitriles is 1. The molecule has 320 valence electrons. The number of fused-ring (bicyclic) bond motifs is 2. The van der Waals surface area contributed by atoms with Gasteiger partial charge in [-0.1, -0.05) is 19.1 Å². The summed E-state index contributed by atoms with van der Waals surface area (Å²) in [5.74, 6) is -2.12. The van der Waals surface area contributed by atoms with Crippen molar-refractivity contribution in [3.8, 4) is 34.8 Å². The lowest BCUT2D eigenvalue weighted by Crippen LogP contribution is -2.28. The first-order valence-corrected chi connectivity index (χ1v) is 20.1.